The molecule has 16 heavy (non-hydrogen) atoms. The van der Waals surface area contributed by atoms with Crippen LogP contribution in [0, 0.1) is 5.92 Å². The average Bonchev–Trinajstić information content (AvgIpc) is 2.30. The van der Waals surface area contributed by atoms with Crippen LogP contribution in [0.1, 0.15) is 39.0 Å². The minimum atomic E-state index is 0.294. The summed E-state index contributed by atoms with van der Waals surface area (Å²) in [6.45, 7) is 5.60. The molecule has 2 N–H and O–H groups in total. The first-order valence-corrected chi connectivity index (χ1v) is 6.77. The molecule has 3 heteroatoms. The zero-order chi connectivity index (χ0) is 11.8. The van der Waals surface area contributed by atoms with Gasteiger partial charge in [0.1, 0.15) is 0 Å². The summed E-state index contributed by atoms with van der Waals surface area (Å²) in [4.78, 5) is 2.50. The maximum Gasteiger partial charge on any atom is 0.0558 e. The van der Waals surface area contributed by atoms with Gasteiger partial charge < -0.3 is 10.4 Å². The predicted octanol–water partition coefficient (Wildman–Crippen LogP) is 1.47. The van der Waals surface area contributed by atoms with Crippen LogP contribution in [0.5, 0.6) is 0 Å². The highest BCUT2D eigenvalue weighted by Crippen LogP contribution is 2.23. The first-order chi connectivity index (χ1) is 7.77. The average molecular weight is 228 g/mol. The summed E-state index contributed by atoms with van der Waals surface area (Å²) in [5.74, 6) is 0.665. The molecule has 1 atom stereocenters. The van der Waals surface area contributed by atoms with Crippen molar-refractivity contribution in [3.8, 4) is 0 Å². The van der Waals surface area contributed by atoms with Gasteiger partial charge in [-0.05, 0) is 32.4 Å². The van der Waals surface area contributed by atoms with Crippen LogP contribution in [0.15, 0.2) is 0 Å². The van der Waals surface area contributed by atoms with E-state index in [1.165, 1.54) is 32.1 Å². The van der Waals surface area contributed by atoms with Crippen molar-refractivity contribution >= 4 is 0 Å². The molecule has 0 aromatic rings. The number of aliphatic hydroxyl groups excluding tert-OH is 1. The van der Waals surface area contributed by atoms with Crippen LogP contribution in [0.2, 0.25) is 0 Å². The van der Waals surface area contributed by atoms with E-state index in [9.17, 15) is 0 Å². The fourth-order valence-electron chi connectivity index (χ4n) is 2.81. The van der Waals surface area contributed by atoms with Crippen LogP contribution in [-0.2, 0) is 0 Å². The fourth-order valence-corrected chi connectivity index (χ4v) is 2.81. The van der Waals surface area contributed by atoms with E-state index < -0.39 is 0 Å². The van der Waals surface area contributed by atoms with Crippen LogP contribution < -0.4 is 5.32 Å². The van der Waals surface area contributed by atoms with E-state index in [1.807, 2.05) is 7.05 Å². The van der Waals surface area contributed by atoms with Crippen LogP contribution in [0.3, 0.4) is 0 Å². The number of aliphatic hydroxyl groups is 1. The standard InChI is InChI=1S/C13H28N2O/c1-12(10-14-2)11-15(8-9-16)13-6-4-3-5-7-13/h12-14,16H,3-11H2,1-2H3. The SMILES string of the molecule is CNCC(C)CN(CCO)C1CCCCC1. The van der Waals surface area contributed by atoms with Gasteiger partial charge in [-0.3, -0.25) is 4.90 Å². The summed E-state index contributed by atoms with van der Waals surface area (Å²) in [6.07, 6.45) is 6.79. The number of nitrogens with one attached hydrogen (secondary N) is 1. The topological polar surface area (TPSA) is 35.5 Å². The van der Waals surface area contributed by atoms with Gasteiger partial charge in [0.25, 0.3) is 0 Å². The minimum Gasteiger partial charge on any atom is -0.395 e. The van der Waals surface area contributed by atoms with Crippen LogP contribution >= 0.6 is 0 Å². The van der Waals surface area contributed by atoms with Crippen molar-refractivity contribution in [2.24, 2.45) is 5.92 Å². The predicted molar refractivity (Wildman–Crippen MR) is 68.6 cm³/mol. The van der Waals surface area contributed by atoms with Gasteiger partial charge >= 0.3 is 0 Å². The van der Waals surface area contributed by atoms with E-state index in [-0.39, 0.29) is 0 Å². The lowest BCUT2D eigenvalue weighted by molar-refractivity contribution is 0.109. The van der Waals surface area contributed by atoms with Gasteiger partial charge in [-0.1, -0.05) is 26.2 Å². The Hall–Kier alpha value is -0.120. The van der Waals surface area contributed by atoms with E-state index in [0.29, 0.717) is 12.5 Å². The quantitative estimate of drug-likeness (QED) is 0.692. The molecule has 0 amide bonds. The van der Waals surface area contributed by atoms with E-state index in [4.69, 9.17) is 5.11 Å². The molecule has 1 unspecified atom stereocenters. The monoisotopic (exact) mass is 228 g/mol. The van der Waals surface area contributed by atoms with E-state index in [1.54, 1.807) is 0 Å². The molecular formula is C13H28N2O. The Kier molecular flexibility index (Phi) is 7.01. The zero-order valence-corrected chi connectivity index (χ0v) is 10.9. The second-order valence-electron chi connectivity index (χ2n) is 5.17. The lowest BCUT2D eigenvalue weighted by Crippen LogP contribution is -2.42. The Balaban J connectivity index is 2.38. The summed E-state index contributed by atoms with van der Waals surface area (Å²) in [6, 6.07) is 0.722. The number of hydrogen-bond acceptors (Lipinski definition) is 3. The molecular weight excluding hydrogens is 200 g/mol. The molecule has 1 saturated carbocycles. The first kappa shape index (κ1) is 13.9. The molecule has 0 aromatic carbocycles. The molecule has 0 saturated heterocycles. The Morgan fingerprint density at radius 3 is 2.56 bits per heavy atom. The molecule has 0 radical (unpaired) electrons. The Morgan fingerprint density at radius 1 is 1.31 bits per heavy atom. The zero-order valence-electron chi connectivity index (χ0n) is 10.9. The second-order valence-corrected chi connectivity index (χ2v) is 5.17. The van der Waals surface area contributed by atoms with Crippen molar-refractivity contribution in [3.05, 3.63) is 0 Å². The van der Waals surface area contributed by atoms with Gasteiger partial charge in [0.05, 0.1) is 6.61 Å². The Morgan fingerprint density at radius 2 is 2.00 bits per heavy atom. The van der Waals surface area contributed by atoms with Crippen molar-refractivity contribution in [2.45, 2.75) is 45.1 Å². The molecule has 1 rings (SSSR count). The third-order valence-corrected chi connectivity index (χ3v) is 3.58. The largest absolute Gasteiger partial charge is 0.395 e. The Bertz CT molecular complexity index is 169. The van der Waals surface area contributed by atoms with E-state index in [2.05, 4.69) is 17.1 Å². The van der Waals surface area contributed by atoms with Crippen LogP contribution in [-0.4, -0.2) is 49.3 Å². The molecule has 1 aliphatic rings. The molecule has 0 aliphatic heterocycles. The summed E-state index contributed by atoms with van der Waals surface area (Å²) in [5.41, 5.74) is 0. The maximum absolute atomic E-state index is 9.15. The summed E-state index contributed by atoms with van der Waals surface area (Å²) in [7, 11) is 2.01. The lowest BCUT2D eigenvalue weighted by atomic mass is 9.93. The lowest BCUT2D eigenvalue weighted by Gasteiger charge is -2.35. The van der Waals surface area contributed by atoms with Gasteiger partial charge in [-0.25, -0.2) is 0 Å². The smallest absolute Gasteiger partial charge is 0.0558 e. The second kappa shape index (κ2) is 8.04. The van der Waals surface area contributed by atoms with Gasteiger partial charge in [0.2, 0.25) is 0 Å². The van der Waals surface area contributed by atoms with Crippen molar-refractivity contribution in [1.82, 2.24) is 10.2 Å². The normalized spacial score (nSPS) is 20.2. The van der Waals surface area contributed by atoms with E-state index >= 15 is 0 Å². The highest BCUT2D eigenvalue weighted by atomic mass is 16.3. The van der Waals surface area contributed by atoms with Gasteiger partial charge in [-0.15, -0.1) is 0 Å². The Labute approximate surface area is 100 Å². The van der Waals surface area contributed by atoms with Crippen molar-refractivity contribution in [2.75, 3.05) is 33.3 Å². The number of nitrogens with zero attached hydrogens (tertiary/aromatic N) is 1. The first-order valence-electron chi connectivity index (χ1n) is 6.77. The third kappa shape index (κ3) is 4.81. The number of hydrogen-bond donors (Lipinski definition) is 2. The molecule has 1 aliphatic carbocycles. The summed E-state index contributed by atoms with van der Waals surface area (Å²) in [5, 5.41) is 12.4. The molecule has 0 bridgehead atoms. The maximum atomic E-state index is 9.15. The van der Waals surface area contributed by atoms with Gasteiger partial charge in [-0.2, -0.15) is 0 Å². The molecule has 0 spiro atoms. The minimum absolute atomic E-state index is 0.294. The van der Waals surface area contributed by atoms with Crippen molar-refractivity contribution in [1.29, 1.82) is 0 Å². The highest BCUT2D eigenvalue weighted by Gasteiger charge is 2.21. The van der Waals surface area contributed by atoms with Crippen molar-refractivity contribution < 1.29 is 5.11 Å². The molecule has 0 heterocycles. The number of rotatable bonds is 7. The van der Waals surface area contributed by atoms with Gasteiger partial charge in [0.15, 0.2) is 0 Å². The molecule has 0 aromatic heterocycles. The fraction of sp³-hybridized carbons (Fsp3) is 1.00. The molecule has 96 valence electrons. The highest BCUT2D eigenvalue weighted by molar-refractivity contribution is 4.77. The summed E-state index contributed by atoms with van der Waals surface area (Å²) < 4.78 is 0. The van der Waals surface area contributed by atoms with Gasteiger partial charge in [0, 0.05) is 19.1 Å². The van der Waals surface area contributed by atoms with E-state index in [0.717, 1.165) is 25.7 Å². The molecule has 3 nitrogen and oxygen atoms in total. The van der Waals surface area contributed by atoms with Crippen LogP contribution in [0.25, 0.3) is 0 Å². The molecule has 1 fully saturated rings. The summed E-state index contributed by atoms with van der Waals surface area (Å²) >= 11 is 0. The van der Waals surface area contributed by atoms with Crippen molar-refractivity contribution in [3.63, 3.8) is 0 Å². The van der Waals surface area contributed by atoms with Crippen LogP contribution in [0.4, 0.5) is 0 Å². The third-order valence-electron chi connectivity index (χ3n) is 3.58.